The lowest BCUT2D eigenvalue weighted by Gasteiger charge is -2.18. The van der Waals surface area contributed by atoms with Crippen molar-refractivity contribution in [3.63, 3.8) is 0 Å². The van der Waals surface area contributed by atoms with Gasteiger partial charge in [0.1, 0.15) is 5.75 Å². The number of nitrogens with zero attached hydrogens (tertiary/aromatic N) is 1. The minimum atomic E-state index is 0.0209. The molecule has 0 amide bonds. The second-order valence-corrected chi connectivity index (χ2v) is 5.54. The van der Waals surface area contributed by atoms with Crippen LogP contribution in [0.2, 0.25) is 0 Å². The topological polar surface area (TPSA) is 48.1 Å². The number of allylic oxidation sites excluding steroid dienone is 1. The van der Waals surface area contributed by atoms with Crippen LogP contribution in [0, 0.1) is 0 Å². The van der Waals surface area contributed by atoms with E-state index in [4.69, 9.17) is 10.5 Å². The monoisotopic (exact) mass is 260 g/mol. The number of rotatable bonds is 5. The van der Waals surface area contributed by atoms with Gasteiger partial charge in [0.25, 0.3) is 0 Å². The Balaban J connectivity index is 2.01. The third-order valence-electron chi connectivity index (χ3n) is 3.40. The number of ether oxygens (including phenoxy) is 1. The smallest absolute Gasteiger partial charge is 0.138 e. The largest absolute Gasteiger partial charge is 0.489 e. The summed E-state index contributed by atoms with van der Waals surface area (Å²) in [4.78, 5) is 4.23. The Kier molecular flexibility index (Phi) is 4.97. The highest BCUT2D eigenvalue weighted by atomic mass is 16.5. The average Bonchev–Trinajstić information content (AvgIpc) is 2.39. The van der Waals surface area contributed by atoms with Crippen LogP contribution in [-0.2, 0) is 0 Å². The molecule has 0 aliphatic heterocycles. The van der Waals surface area contributed by atoms with Crippen molar-refractivity contribution in [2.75, 3.05) is 0 Å². The second-order valence-electron chi connectivity index (χ2n) is 5.54. The SMILES string of the molecule is CC(C)Oc1cncc(C(N)CC2=CCCCC2)c1. The summed E-state index contributed by atoms with van der Waals surface area (Å²) in [5.41, 5.74) is 8.84. The van der Waals surface area contributed by atoms with Crippen LogP contribution >= 0.6 is 0 Å². The molecule has 1 aliphatic carbocycles. The van der Waals surface area contributed by atoms with E-state index in [1.54, 1.807) is 6.20 Å². The van der Waals surface area contributed by atoms with E-state index in [-0.39, 0.29) is 12.1 Å². The summed E-state index contributed by atoms with van der Waals surface area (Å²) < 4.78 is 5.66. The van der Waals surface area contributed by atoms with Crippen molar-refractivity contribution in [3.05, 3.63) is 35.7 Å². The molecule has 0 saturated carbocycles. The van der Waals surface area contributed by atoms with Gasteiger partial charge in [-0.2, -0.15) is 0 Å². The van der Waals surface area contributed by atoms with Crippen LogP contribution in [0.4, 0.5) is 0 Å². The summed E-state index contributed by atoms with van der Waals surface area (Å²) in [6, 6.07) is 2.04. The summed E-state index contributed by atoms with van der Waals surface area (Å²) in [5.74, 6) is 0.806. The minimum Gasteiger partial charge on any atom is -0.489 e. The van der Waals surface area contributed by atoms with Crippen LogP contribution in [0.5, 0.6) is 5.75 Å². The van der Waals surface area contributed by atoms with Crippen molar-refractivity contribution in [1.29, 1.82) is 0 Å². The van der Waals surface area contributed by atoms with Gasteiger partial charge >= 0.3 is 0 Å². The first-order valence-electron chi connectivity index (χ1n) is 7.20. The molecule has 3 heteroatoms. The third-order valence-corrected chi connectivity index (χ3v) is 3.40. The van der Waals surface area contributed by atoms with Crippen molar-refractivity contribution < 1.29 is 4.74 Å². The molecule has 104 valence electrons. The lowest BCUT2D eigenvalue weighted by molar-refractivity contribution is 0.241. The van der Waals surface area contributed by atoms with E-state index in [0.29, 0.717) is 0 Å². The highest BCUT2D eigenvalue weighted by molar-refractivity contribution is 5.27. The molecule has 1 aromatic rings. The number of aromatic nitrogens is 1. The van der Waals surface area contributed by atoms with Gasteiger partial charge < -0.3 is 10.5 Å². The molecule has 1 heterocycles. The predicted octanol–water partition coefficient (Wildman–Crippen LogP) is 3.76. The first kappa shape index (κ1) is 14.1. The summed E-state index contributed by atoms with van der Waals surface area (Å²) >= 11 is 0. The van der Waals surface area contributed by atoms with Crippen molar-refractivity contribution in [1.82, 2.24) is 4.98 Å². The van der Waals surface area contributed by atoms with Crippen LogP contribution in [-0.4, -0.2) is 11.1 Å². The van der Waals surface area contributed by atoms with Crippen LogP contribution in [0.25, 0.3) is 0 Å². The molecule has 1 atom stereocenters. The van der Waals surface area contributed by atoms with E-state index in [2.05, 4.69) is 11.1 Å². The summed E-state index contributed by atoms with van der Waals surface area (Å²) in [7, 11) is 0. The van der Waals surface area contributed by atoms with Gasteiger partial charge in [0, 0.05) is 12.2 Å². The molecule has 1 aromatic heterocycles. The quantitative estimate of drug-likeness (QED) is 0.820. The lowest BCUT2D eigenvalue weighted by atomic mass is 9.92. The van der Waals surface area contributed by atoms with Crippen molar-refractivity contribution in [3.8, 4) is 5.75 Å². The Morgan fingerprint density at radius 3 is 2.84 bits per heavy atom. The number of hydrogen-bond donors (Lipinski definition) is 1. The van der Waals surface area contributed by atoms with Gasteiger partial charge in [-0.3, -0.25) is 4.98 Å². The maximum atomic E-state index is 6.29. The maximum absolute atomic E-state index is 6.29. The zero-order valence-electron chi connectivity index (χ0n) is 11.9. The first-order chi connectivity index (χ1) is 9.15. The van der Waals surface area contributed by atoms with E-state index in [1.807, 2.05) is 26.1 Å². The minimum absolute atomic E-state index is 0.0209. The molecule has 0 saturated heterocycles. The Morgan fingerprint density at radius 1 is 1.32 bits per heavy atom. The van der Waals surface area contributed by atoms with Gasteiger partial charge in [-0.25, -0.2) is 0 Å². The maximum Gasteiger partial charge on any atom is 0.138 e. The van der Waals surface area contributed by atoms with Gasteiger partial charge in [-0.1, -0.05) is 11.6 Å². The van der Waals surface area contributed by atoms with Gasteiger partial charge in [0.15, 0.2) is 0 Å². The van der Waals surface area contributed by atoms with Gasteiger partial charge in [-0.05, 0) is 57.6 Å². The molecule has 1 unspecified atom stereocenters. The fourth-order valence-corrected chi connectivity index (χ4v) is 2.47. The standard InChI is InChI=1S/C16H24N2O/c1-12(2)19-15-9-14(10-18-11-15)16(17)8-13-6-4-3-5-7-13/h6,9-12,16H,3-5,7-8,17H2,1-2H3. The molecule has 1 aliphatic rings. The second kappa shape index (κ2) is 6.71. The fraction of sp³-hybridized carbons (Fsp3) is 0.562. The highest BCUT2D eigenvalue weighted by Gasteiger charge is 2.12. The fourth-order valence-electron chi connectivity index (χ4n) is 2.47. The molecule has 2 rings (SSSR count). The molecule has 0 bridgehead atoms. The van der Waals surface area contributed by atoms with Crippen molar-refractivity contribution in [2.45, 2.75) is 58.1 Å². The molecule has 2 N–H and O–H groups in total. The average molecular weight is 260 g/mol. The molecular weight excluding hydrogens is 236 g/mol. The van der Waals surface area contributed by atoms with E-state index < -0.39 is 0 Å². The molecule has 0 fully saturated rings. The zero-order chi connectivity index (χ0) is 13.7. The van der Waals surface area contributed by atoms with Crippen LogP contribution in [0.15, 0.2) is 30.1 Å². The number of pyridine rings is 1. The van der Waals surface area contributed by atoms with Gasteiger partial charge in [0.05, 0.1) is 12.3 Å². The zero-order valence-corrected chi connectivity index (χ0v) is 11.9. The van der Waals surface area contributed by atoms with Crippen LogP contribution in [0.1, 0.15) is 57.6 Å². The highest BCUT2D eigenvalue weighted by Crippen LogP contribution is 2.27. The Bertz CT molecular complexity index is 440. The van der Waals surface area contributed by atoms with E-state index in [1.165, 1.54) is 31.3 Å². The predicted molar refractivity (Wildman–Crippen MR) is 78.1 cm³/mol. The van der Waals surface area contributed by atoms with Crippen molar-refractivity contribution in [2.24, 2.45) is 5.73 Å². The van der Waals surface area contributed by atoms with Crippen LogP contribution < -0.4 is 10.5 Å². The number of hydrogen-bond acceptors (Lipinski definition) is 3. The third kappa shape index (κ3) is 4.35. The van der Waals surface area contributed by atoms with Crippen LogP contribution in [0.3, 0.4) is 0 Å². The molecule has 0 radical (unpaired) electrons. The van der Waals surface area contributed by atoms with E-state index >= 15 is 0 Å². The summed E-state index contributed by atoms with van der Waals surface area (Å²) in [6.07, 6.45) is 12.1. The Morgan fingerprint density at radius 2 is 2.16 bits per heavy atom. The normalized spacial score (nSPS) is 17.2. The van der Waals surface area contributed by atoms with Gasteiger partial charge in [0.2, 0.25) is 0 Å². The van der Waals surface area contributed by atoms with Crippen molar-refractivity contribution >= 4 is 0 Å². The summed E-state index contributed by atoms with van der Waals surface area (Å²) in [6.45, 7) is 4.03. The summed E-state index contributed by atoms with van der Waals surface area (Å²) in [5, 5.41) is 0. The molecular formula is C16H24N2O. The Labute approximate surface area is 115 Å². The Hall–Kier alpha value is -1.35. The van der Waals surface area contributed by atoms with Gasteiger partial charge in [-0.15, -0.1) is 0 Å². The van der Waals surface area contributed by atoms with E-state index in [9.17, 15) is 0 Å². The van der Waals surface area contributed by atoms with E-state index in [0.717, 1.165) is 17.7 Å². The molecule has 0 spiro atoms. The molecule has 19 heavy (non-hydrogen) atoms. The molecule has 3 nitrogen and oxygen atoms in total. The first-order valence-corrected chi connectivity index (χ1v) is 7.20. The lowest BCUT2D eigenvalue weighted by Crippen LogP contribution is -2.13. The molecule has 0 aromatic carbocycles. The number of nitrogens with two attached hydrogens (primary N) is 1.